The highest BCUT2D eigenvalue weighted by atomic mass is 35.5. The third-order valence-corrected chi connectivity index (χ3v) is 3.65. The average molecular weight is 291 g/mol. The Labute approximate surface area is 125 Å². The van der Waals surface area contributed by atoms with Gasteiger partial charge in [0.1, 0.15) is 17.2 Å². The molecule has 1 aromatic heterocycles. The van der Waals surface area contributed by atoms with Crippen molar-refractivity contribution in [3.05, 3.63) is 45.9 Å². The molecule has 0 spiro atoms. The van der Waals surface area contributed by atoms with Crippen LogP contribution in [0.2, 0.25) is 5.15 Å². The molecule has 0 saturated carbocycles. The minimum absolute atomic E-state index is 0.471. The summed E-state index contributed by atoms with van der Waals surface area (Å²) in [5, 5.41) is 0.471. The molecule has 0 aliphatic rings. The first-order valence-corrected chi connectivity index (χ1v) is 7.15. The minimum atomic E-state index is 0.471. The van der Waals surface area contributed by atoms with Crippen LogP contribution in [-0.2, 0) is 6.42 Å². The molecule has 0 unspecified atom stereocenters. The van der Waals surface area contributed by atoms with Gasteiger partial charge in [0.2, 0.25) is 5.88 Å². The zero-order valence-corrected chi connectivity index (χ0v) is 13.1. The summed E-state index contributed by atoms with van der Waals surface area (Å²) in [7, 11) is 0. The Morgan fingerprint density at radius 2 is 1.90 bits per heavy atom. The van der Waals surface area contributed by atoms with Crippen molar-refractivity contribution in [3.63, 3.8) is 0 Å². The second kappa shape index (κ2) is 6.23. The molecule has 0 aliphatic carbocycles. The maximum Gasteiger partial charge on any atom is 0.227 e. The van der Waals surface area contributed by atoms with Crippen LogP contribution in [0.4, 0.5) is 0 Å². The number of nitrogens with zero attached hydrogens (tertiary/aromatic N) is 2. The lowest BCUT2D eigenvalue weighted by atomic mass is 10.1. The number of halogens is 1. The minimum Gasteiger partial charge on any atom is -0.438 e. The largest absolute Gasteiger partial charge is 0.438 e. The van der Waals surface area contributed by atoms with Crippen LogP contribution in [0.15, 0.2) is 18.5 Å². The number of ether oxygens (including phenoxy) is 1. The highest BCUT2D eigenvalue weighted by molar-refractivity contribution is 6.30. The fraction of sp³-hybridized carbons (Fsp3) is 0.375. The van der Waals surface area contributed by atoms with E-state index in [-0.39, 0.29) is 0 Å². The van der Waals surface area contributed by atoms with E-state index in [1.54, 1.807) is 0 Å². The van der Waals surface area contributed by atoms with Crippen molar-refractivity contribution >= 4 is 11.6 Å². The molecule has 0 aliphatic heterocycles. The number of hydrogen-bond donors (Lipinski definition) is 0. The topological polar surface area (TPSA) is 35.0 Å². The van der Waals surface area contributed by atoms with Crippen LogP contribution < -0.4 is 4.74 Å². The summed E-state index contributed by atoms with van der Waals surface area (Å²) < 4.78 is 6.00. The zero-order chi connectivity index (χ0) is 14.7. The smallest absolute Gasteiger partial charge is 0.227 e. The summed E-state index contributed by atoms with van der Waals surface area (Å²) in [6, 6.07) is 4.16. The van der Waals surface area contributed by atoms with Crippen LogP contribution in [0.1, 0.15) is 35.6 Å². The second-order valence-corrected chi connectivity index (χ2v) is 5.36. The van der Waals surface area contributed by atoms with Crippen molar-refractivity contribution in [2.24, 2.45) is 0 Å². The van der Waals surface area contributed by atoms with Crippen LogP contribution in [0.3, 0.4) is 0 Å². The van der Waals surface area contributed by atoms with Crippen LogP contribution >= 0.6 is 11.6 Å². The fourth-order valence-electron chi connectivity index (χ4n) is 2.14. The zero-order valence-electron chi connectivity index (χ0n) is 12.3. The fourth-order valence-corrected chi connectivity index (χ4v) is 2.35. The lowest BCUT2D eigenvalue weighted by Gasteiger charge is -2.14. The normalized spacial score (nSPS) is 10.7. The van der Waals surface area contributed by atoms with E-state index < -0.39 is 0 Å². The molecule has 2 rings (SSSR count). The van der Waals surface area contributed by atoms with E-state index in [9.17, 15) is 0 Å². The molecule has 1 aromatic carbocycles. The SMILES string of the molecule is CCCc1c(Cl)ncnc1Oc1cc(C)cc(C)c1C. The lowest BCUT2D eigenvalue weighted by molar-refractivity contribution is 0.450. The van der Waals surface area contributed by atoms with Crippen molar-refractivity contribution in [3.8, 4) is 11.6 Å². The van der Waals surface area contributed by atoms with E-state index in [2.05, 4.69) is 36.8 Å². The lowest BCUT2D eigenvalue weighted by Crippen LogP contribution is -1.99. The quantitative estimate of drug-likeness (QED) is 0.759. The Morgan fingerprint density at radius 3 is 2.60 bits per heavy atom. The maximum atomic E-state index is 6.15. The van der Waals surface area contributed by atoms with E-state index in [1.807, 2.05) is 13.0 Å². The Bertz CT molecular complexity index is 626. The standard InChI is InChI=1S/C16H19ClN2O/c1-5-6-13-15(17)18-9-19-16(13)20-14-8-10(2)7-11(3)12(14)4/h7-9H,5-6H2,1-4H3. The van der Waals surface area contributed by atoms with Gasteiger partial charge >= 0.3 is 0 Å². The monoisotopic (exact) mass is 290 g/mol. The molecule has 0 amide bonds. The number of aromatic nitrogens is 2. The van der Waals surface area contributed by atoms with Crippen molar-refractivity contribution in [1.29, 1.82) is 0 Å². The van der Waals surface area contributed by atoms with E-state index in [1.165, 1.54) is 17.5 Å². The molecular weight excluding hydrogens is 272 g/mol. The molecule has 0 N–H and O–H groups in total. The Hall–Kier alpha value is -1.61. The first kappa shape index (κ1) is 14.8. The molecule has 2 aromatic rings. The van der Waals surface area contributed by atoms with Gasteiger partial charge in [0, 0.05) is 0 Å². The molecule has 0 saturated heterocycles. The predicted octanol–water partition coefficient (Wildman–Crippen LogP) is 4.80. The summed E-state index contributed by atoms with van der Waals surface area (Å²) in [5.41, 5.74) is 4.36. The summed E-state index contributed by atoms with van der Waals surface area (Å²) >= 11 is 6.15. The van der Waals surface area contributed by atoms with Gasteiger partial charge in [-0.15, -0.1) is 0 Å². The van der Waals surface area contributed by atoms with E-state index in [4.69, 9.17) is 16.3 Å². The molecular formula is C16H19ClN2O. The molecule has 4 heteroatoms. The van der Waals surface area contributed by atoms with Crippen LogP contribution in [0, 0.1) is 20.8 Å². The van der Waals surface area contributed by atoms with Gasteiger partial charge in [-0.25, -0.2) is 9.97 Å². The second-order valence-electron chi connectivity index (χ2n) is 5.01. The van der Waals surface area contributed by atoms with Gasteiger partial charge in [-0.1, -0.05) is 31.0 Å². The first-order valence-electron chi connectivity index (χ1n) is 6.78. The summed E-state index contributed by atoms with van der Waals surface area (Å²) in [6.45, 7) is 8.27. The predicted molar refractivity (Wildman–Crippen MR) is 81.8 cm³/mol. The highest BCUT2D eigenvalue weighted by Gasteiger charge is 2.13. The van der Waals surface area contributed by atoms with Crippen molar-refractivity contribution in [2.45, 2.75) is 40.5 Å². The summed E-state index contributed by atoms with van der Waals surface area (Å²) in [4.78, 5) is 8.27. The van der Waals surface area contributed by atoms with E-state index >= 15 is 0 Å². The van der Waals surface area contributed by atoms with E-state index in [0.29, 0.717) is 11.0 Å². The van der Waals surface area contributed by atoms with Crippen LogP contribution in [0.25, 0.3) is 0 Å². The van der Waals surface area contributed by atoms with Crippen molar-refractivity contribution in [1.82, 2.24) is 9.97 Å². The molecule has 1 heterocycles. The molecule has 20 heavy (non-hydrogen) atoms. The Morgan fingerprint density at radius 1 is 1.15 bits per heavy atom. The van der Waals surface area contributed by atoms with Gasteiger partial charge in [-0.3, -0.25) is 0 Å². The number of hydrogen-bond acceptors (Lipinski definition) is 3. The Kier molecular flexibility index (Phi) is 4.61. The molecule has 0 atom stereocenters. The molecule has 0 bridgehead atoms. The van der Waals surface area contributed by atoms with Gasteiger partial charge < -0.3 is 4.74 Å². The number of aryl methyl sites for hydroxylation is 2. The van der Waals surface area contributed by atoms with E-state index in [0.717, 1.165) is 29.7 Å². The van der Waals surface area contributed by atoms with Crippen LogP contribution in [0.5, 0.6) is 11.6 Å². The van der Waals surface area contributed by atoms with Gasteiger partial charge in [-0.2, -0.15) is 0 Å². The average Bonchev–Trinajstić information content (AvgIpc) is 2.39. The number of benzene rings is 1. The summed E-state index contributed by atoms with van der Waals surface area (Å²) in [5.74, 6) is 1.38. The van der Waals surface area contributed by atoms with Gasteiger partial charge in [-0.05, 0) is 49.9 Å². The maximum absolute atomic E-state index is 6.15. The Balaban J connectivity index is 2.42. The molecule has 106 valence electrons. The first-order chi connectivity index (χ1) is 9.52. The summed E-state index contributed by atoms with van der Waals surface area (Å²) in [6.07, 6.45) is 3.21. The third-order valence-electron chi connectivity index (χ3n) is 3.32. The van der Waals surface area contributed by atoms with Gasteiger partial charge in [0.05, 0.1) is 5.56 Å². The number of rotatable bonds is 4. The van der Waals surface area contributed by atoms with Crippen molar-refractivity contribution in [2.75, 3.05) is 0 Å². The molecule has 0 radical (unpaired) electrons. The van der Waals surface area contributed by atoms with Crippen LogP contribution in [-0.4, -0.2) is 9.97 Å². The van der Waals surface area contributed by atoms with Gasteiger partial charge in [0.25, 0.3) is 0 Å². The van der Waals surface area contributed by atoms with Crippen molar-refractivity contribution < 1.29 is 4.74 Å². The highest BCUT2D eigenvalue weighted by Crippen LogP contribution is 2.31. The third kappa shape index (κ3) is 3.10. The van der Waals surface area contributed by atoms with Gasteiger partial charge in [0.15, 0.2) is 0 Å². The molecule has 3 nitrogen and oxygen atoms in total. The molecule has 0 fully saturated rings.